The highest BCUT2D eigenvalue weighted by atomic mass is 15.2. The van der Waals surface area contributed by atoms with Crippen LogP contribution in [-0.2, 0) is 16.2 Å². The third-order valence-corrected chi connectivity index (χ3v) is 30.9. The van der Waals surface area contributed by atoms with Gasteiger partial charge in [0.15, 0.2) is 0 Å². The lowest BCUT2D eigenvalue weighted by molar-refractivity contribution is 0.792. The van der Waals surface area contributed by atoms with E-state index in [4.69, 9.17) is 0 Å². The van der Waals surface area contributed by atoms with Gasteiger partial charge in [-0.1, -0.05) is 467 Å². The van der Waals surface area contributed by atoms with Crippen LogP contribution in [0.3, 0.4) is 0 Å². The average Bonchev–Trinajstić information content (AvgIpc) is 1.51. The van der Waals surface area contributed by atoms with Crippen LogP contribution < -0.4 is 14.7 Å². The number of nitrogens with zero attached hydrogens (tertiary/aromatic N) is 3. The monoisotopic (exact) mass is 1830 g/mol. The molecule has 0 N–H and O–H groups in total. The van der Waals surface area contributed by atoms with Gasteiger partial charge in [-0.25, -0.2) is 0 Å². The molecule has 3 nitrogen and oxygen atoms in total. The molecule has 0 saturated heterocycles. The van der Waals surface area contributed by atoms with Crippen molar-refractivity contribution in [3.63, 3.8) is 0 Å². The second-order valence-corrected chi connectivity index (χ2v) is 38.3. The Morgan fingerprint density at radius 3 is 0.493 bits per heavy atom. The minimum absolute atomic E-state index is 0.327. The van der Waals surface area contributed by atoms with E-state index in [0.29, 0.717) is 0 Å². The number of fused-ring (bicyclic) bond motifs is 18. The van der Waals surface area contributed by atoms with Crippen LogP contribution in [0.4, 0.5) is 51.2 Å². The predicted molar refractivity (Wildman–Crippen MR) is 599 cm³/mol. The second kappa shape index (κ2) is 35.1. The van der Waals surface area contributed by atoms with Crippen LogP contribution >= 0.6 is 0 Å². The SMILES string of the molecule is c1ccc(-c2ccc(N(c3ccc(-c4ccccc4)cc3)c3ccc(C45c6ccccc6-c6cccc(c64)-c4ccccc45)cc3)cc2)cc1.c1ccc(-c2ccc(N(c3ccc(C45c6ccccc6-c6cccc(c64)-c4ccccc45)cc3)c3cccc(-c4ccccc4)c3)cc2)cc1.c1ccc(-c2ccc(N(c3ccccc3)c3ccc(C45c6ccccc6-c6cccc(c64)-c4ccccc45)cc3)cc2)cc1. The van der Waals surface area contributed by atoms with Gasteiger partial charge in [0.2, 0.25) is 0 Å². The molecule has 0 heterocycles. The van der Waals surface area contributed by atoms with Crippen LogP contribution in [0.5, 0.6) is 0 Å². The van der Waals surface area contributed by atoms with Gasteiger partial charge >= 0.3 is 0 Å². The summed E-state index contributed by atoms with van der Waals surface area (Å²) in [5.74, 6) is 0. The highest BCUT2D eigenvalue weighted by Crippen LogP contribution is 2.68. The normalized spacial score (nSPS) is 13.0. The van der Waals surface area contributed by atoms with Crippen LogP contribution in [0.1, 0.15) is 66.8 Å². The largest absolute Gasteiger partial charge is 0.311 e. The van der Waals surface area contributed by atoms with Crippen LogP contribution in [0.25, 0.3) is 122 Å². The van der Waals surface area contributed by atoms with Gasteiger partial charge < -0.3 is 14.7 Å². The zero-order chi connectivity index (χ0) is 95.2. The molecule has 0 amide bonds. The summed E-state index contributed by atoms with van der Waals surface area (Å²) in [5, 5.41) is 0. The van der Waals surface area contributed by atoms with Gasteiger partial charge in [0.25, 0.3) is 0 Å². The van der Waals surface area contributed by atoms with Crippen molar-refractivity contribution in [2.24, 2.45) is 0 Å². The molecule has 0 aliphatic heterocycles. The van der Waals surface area contributed by atoms with E-state index in [2.05, 4.69) is 591 Å². The Kier molecular flexibility index (Phi) is 20.7. The van der Waals surface area contributed by atoms with E-state index >= 15 is 0 Å². The standard InChI is InChI=1S/2C49H33N.C43H29N/c1-3-13-34(14-4-1)36-25-29-39(30-26-36)50(41-18-11-17-37(33-41)35-15-5-2-6-16-35)40-31-27-38(28-32-40)49-46-23-9-7-19-42(46)44-21-12-22-45(48(44)49)43-20-8-10-24-47(43)49;1-3-12-34(13-4-1)36-22-28-39(29-23-36)50(40-30-24-37(25-31-40)35-14-5-2-6-15-35)41-32-26-38(27-33-41)49-46-20-9-7-16-42(46)44-18-11-19-45(48(44)49)43-17-8-10-21-47(43)49;1-3-12-30(13-4-1)31-22-26-34(27-23-31)44(33-14-5-2-6-15-33)35-28-24-32(25-29-35)43-40-20-9-7-16-36(40)38-18-11-19-39(42(38)43)37-17-8-10-21-41(37)43/h2*1-33H;1-29H. The topological polar surface area (TPSA) is 9.72 Å². The Morgan fingerprint density at radius 2 is 0.257 bits per heavy atom. The molecule has 0 atom stereocenters. The van der Waals surface area contributed by atoms with Crippen molar-refractivity contribution in [2.45, 2.75) is 16.2 Å². The summed E-state index contributed by atoms with van der Waals surface area (Å²) in [6.07, 6.45) is 0. The molecule has 0 aromatic heterocycles. The van der Waals surface area contributed by atoms with Crippen molar-refractivity contribution in [3.8, 4) is 122 Å². The molecular formula is C141H95N3. The summed E-state index contributed by atoms with van der Waals surface area (Å²) in [6.45, 7) is 0. The van der Waals surface area contributed by atoms with Gasteiger partial charge in [0.05, 0.1) is 16.2 Å². The zero-order valence-electron chi connectivity index (χ0n) is 79.2. The summed E-state index contributed by atoms with van der Waals surface area (Å²) < 4.78 is 0. The lowest BCUT2D eigenvalue weighted by Crippen LogP contribution is -2.26. The van der Waals surface area contributed by atoms with Gasteiger partial charge in [-0.05, 0) is 298 Å². The first-order chi connectivity index (χ1) is 71.4. The summed E-state index contributed by atoms with van der Waals surface area (Å²) >= 11 is 0. The molecule has 3 heteroatoms. The smallest absolute Gasteiger partial charge is 0.0725 e. The average molecular weight is 1830 g/mol. The Bertz CT molecular complexity index is 8510. The molecule has 0 saturated carbocycles. The van der Waals surface area contributed by atoms with E-state index in [0.717, 1.165) is 51.2 Å². The van der Waals surface area contributed by atoms with E-state index in [-0.39, 0.29) is 16.2 Å². The number of hydrogen-bond acceptors (Lipinski definition) is 3. The fourth-order valence-corrected chi connectivity index (χ4v) is 24.8. The summed E-state index contributed by atoms with van der Waals surface area (Å²) in [7, 11) is 0. The van der Waals surface area contributed by atoms with Crippen molar-refractivity contribution >= 4 is 51.2 Å². The number of rotatable bonds is 17. The van der Waals surface area contributed by atoms with Gasteiger partial charge in [0.1, 0.15) is 0 Å². The number of anilines is 9. The molecule has 6 aliphatic carbocycles. The van der Waals surface area contributed by atoms with Gasteiger partial charge in [-0.15, -0.1) is 0 Å². The molecule has 144 heavy (non-hydrogen) atoms. The first-order valence-corrected chi connectivity index (χ1v) is 50.0. The zero-order valence-corrected chi connectivity index (χ0v) is 79.2. The van der Waals surface area contributed by atoms with Gasteiger partial charge in [-0.2, -0.15) is 0 Å². The van der Waals surface area contributed by atoms with Crippen molar-refractivity contribution in [3.05, 3.63) is 643 Å². The Balaban J connectivity index is 0.000000108. The predicted octanol–water partition coefficient (Wildman–Crippen LogP) is 36.8. The molecule has 674 valence electrons. The van der Waals surface area contributed by atoms with Crippen molar-refractivity contribution in [1.82, 2.24) is 0 Å². The van der Waals surface area contributed by atoms with E-state index in [1.54, 1.807) is 0 Å². The maximum Gasteiger partial charge on any atom is 0.0725 e. The third kappa shape index (κ3) is 13.6. The Morgan fingerprint density at radius 1 is 0.104 bits per heavy atom. The molecule has 0 fully saturated rings. The van der Waals surface area contributed by atoms with E-state index in [1.807, 2.05) is 0 Å². The summed E-state index contributed by atoms with van der Waals surface area (Å²) in [4.78, 5) is 7.10. The Labute approximate surface area is 841 Å². The fourth-order valence-electron chi connectivity index (χ4n) is 24.8. The van der Waals surface area contributed by atoms with Crippen LogP contribution in [-0.4, -0.2) is 0 Å². The first kappa shape index (κ1) is 84.7. The number of benzene rings is 23. The van der Waals surface area contributed by atoms with E-state index in [1.165, 1.54) is 189 Å². The molecule has 0 bridgehead atoms. The second-order valence-electron chi connectivity index (χ2n) is 38.3. The van der Waals surface area contributed by atoms with Crippen molar-refractivity contribution < 1.29 is 0 Å². The van der Waals surface area contributed by atoms with E-state index < -0.39 is 0 Å². The quantitative estimate of drug-likeness (QED) is 0.0900. The number of para-hydroxylation sites is 1. The molecule has 0 unspecified atom stereocenters. The molecule has 23 aromatic rings. The van der Waals surface area contributed by atoms with Crippen molar-refractivity contribution in [2.75, 3.05) is 14.7 Å². The maximum absolute atomic E-state index is 2.38. The lowest BCUT2D eigenvalue weighted by atomic mass is 9.70. The molecule has 29 rings (SSSR count). The first-order valence-electron chi connectivity index (χ1n) is 50.0. The third-order valence-electron chi connectivity index (χ3n) is 30.9. The Hall–Kier alpha value is -18.5. The van der Waals surface area contributed by atoms with Crippen LogP contribution in [0, 0.1) is 0 Å². The highest BCUT2D eigenvalue weighted by Gasteiger charge is 2.56. The van der Waals surface area contributed by atoms with E-state index in [9.17, 15) is 0 Å². The number of hydrogen-bond donors (Lipinski definition) is 0. The summed E-state index contributed by atoms with van der Waals surface area (Å²) in [5.41, 5.74) is 53.6. The van der Waals surface area contributed by atoms with Gasteiger partial charge in [-0.3, -0.25) is 0 Å². The molecule has 0 radical (unpaired) electrons. The van der Waals surface area contributed by atoms with Gasteiger partial charge in [0, 0.05) is 51.2 Å². The van der Waals surface area contributed by atoms with Crippen LogP contribution in [0.2, 0.25) is 0 Å². The molecule has 0 spiro atoms. The fraction of sp³-hybridized carbons (Fsp3) is 0.0213. The van der Waals surface area contributed by atoms with Crippen LogP contribution in [0.15, 0.2) is 576 Å². The molecule has 23 aromatic carbocycles. The highest BCUT2D eigenvalue weighted by molar-refractivity contribution is 6.03. The molecule has 6 aliphatic rings. The van der Waals surface area contributed by atoms with Crippen molar-refractivity contribution in [1.29, 1.82) is 0 Å². The summed E-state index contributed by atoms with van der Waals surface area (Å²) in [6, 6.07) is 211. The lowest BCUT2D eigenvalue weighted by Gasteiger charge is -2.32. The minimum Gasteiger partial charge on any atom is -0.311 e. The molecular weight excluding hydrogens is 1740 g/mol. The minimum atomic E-state index is -0.354. The maximum atomic E-state index is 2.38.